The van der Waals surface area contributed by atoms with E-state index in [2.05, 4.69) is 24.1 Å². The first-order valence-electron chi connectivity index (χ1n) is 7.30. The zero-order valence-electron chi connectivity index (χ0n) is 12.2. The van der Waals surface area contributed by atoms with E-state index in [1.807, 2.05) is 12.1 Å². The van der Waals surface area contributed by atoms with Crippen LogP contribution < -0.4 is 5.32 Å². The van der Waals surface area contributed by atoms with E-state index in [4.69, 9.17) is 11.6 Å². The average Bonchev–Trinajstić information content (AvgIpc) is 2.35. The quantitative estimate of drug-likeness (QED) is 0.919. The second-order valence-corrected chi connectivity index (χ2v) is 6.45. The summed E-state index contributed by atoms with van der Waals surface area (Å²) < 4.78 is 0. The van der Waals surface area contributed by atoms with Crippen molar-refractivity contribution in [2.45, 2.75) is 26.7 Å². The molecule has 1 fully saturated rings. The number of anilines is 1. The standard InChI is InChI=1S/C16H23ClN2O/c1-12-8-13(2)11-19(10-12)7-6-16(20)18-15-5-3-4-14(17)9-15/h3-5,9,12-13H,6-8,10-11H2,1-2H3,(H,18,20)/t12-,13-/m0/s1. The van der Waals surface area contributed by atoms with Crippen LogP contribution in [0.3, 0.4) is 0 Å². The first-order chi connectivity index (χ1) is 9.52. The molecule has 0 bridgehead atoms. The minimum absolute atomic E-state index is 0.0538. The highest BCUT2D eigenvalue weighted by Crippen LogP contribution is 2.21. The van der Waals surface area contributed by atoms with Crippen LogP contribution in [0.1, 0.15) is 26.7 Å². The number of amides is 1. The van der Waals surface area contributed by atoms with Gasteiger partial charge in [-0.3, -0.25) is 4.79 Å². The number of rotatable bonds is 4. The summed E-state index contributed by atoms with van der Waals surface area (Å²) in [6.07, 6.45) is 1.83. The van der Waals surface area contributed by atoms with Gasteiger partial charge >= 0.3 is 0 Å². The molecule has 1 aromatic rings. The molecule has 3 nitrogen and oxygen atoms in total. The lowest BCUT2D eigenvalue weighted by molar-refractivity contribution is -0.116. The van der Waals surface area contributed by atoms with E-state index in [1.165, 1.54) is 6.42 Å². The number of piperidine rings is 1. The molecule has 110 valence electrons. The maximum Gasteiger partial charge on any atom is 0.225 e. The van der Waals surface area contributed by atoms with Crippen LogP contribution in [0.5, 0.6) is 0 Å². The van der Waals surface area contributed by atoms with E-state index >= 15 is 0 Å². The fourth-order valence-electron chi connectivity index (χ4n) is 3.02. The fraction of sp³-hybridized carbons (Fsp3) is 0.562. The summed E-state index contributed by atoms with van der Waals surface area (Å²) in [4.78, 5) is 14.3. The Morgan fingerprint density at radius 3 is 2.70 bits per heavy atom. The largest absolute Gasteiger partial charge is 0.326 e. The van der Waals surface area contributed by atoms with Gasteiger partial charge in [0.15, 0.2) is 0 Å². The van der Waals surface area contributed by atoms with Crippen molar-refractivity contribution in [1.29, 1.82) is 0 Å². The number of halogens is 1. The topological polar surface area (TPSA) is 32.3 Å². The van der Waals surface area contributed by atoms with Gasteiger partial charge in [0, 0.05) is 36.8 Å². The molecule has 0 aliphatic carbocycles. The van der Waals surface area contributed by atoms with Crippen molar-refractivity contribution in [2.24, 2.45) is 11.8 Å². The molecule has 0 saturated carbocycles. The van der Waals surface area contributed by atoms with Gasteiger partial charge in [-0.15, -0.1) is 0 Å². The predicted molar refractivity (Wildman–Crippen MR) is 84.1 cm³/mol. The van der Waals surface area contributed by atoms with E-state index in [0.29, 0.717) is 11.4 Å². The smallest absolute Gasteiger partial charge is 0.225 e. The molecule has 0 aromatic heterocycles. The van der Waals surface area contributed by atoms with Crippen LogP contribution in [-0.2, 0) is 4.79 Å². The van der Waals surface area contributed by atoms with Crippen molar-refractivity contribution in [3.63, 3.8) is 0 Å². The van der Waals surface area contributed by atoms with Crippen molar-refractivity contribution in [3.8, 4) is 0 Å². The first-order valence-corrected chi connectivity index (χ1v) is 7.68. The highest BCUT2D eigenvalue weighted by molar-refractivity contribution is 6.30. The summed E-state index contributed by atoms with van der Waals surface area (Å²) in [7, 11) is 0. The third-order valence-electron chi connectivity index (χ3n) is 3.71. The Bertz CT molecular complexity index is 454. The molecule has 1 heterocycles. The number of benzene rings is 1. The van der Waals surface area contributed by atoms with Gasteiger partial charge in [0.1, 0.15) is 0 Å². The van der Waals surface area contributed by atoms with Crippen LogP contribution in [0.25, 0.3) is 0 Å². The third kappa shape index (κ3) is 4.80. The van der Waals surface area contributed by atoms with Crippen molar-refractivity contribution < 1.29 is 4.79 Å². The SMILES string of the molecule is C[C@H]1C[C@H](C)CN(CCC(=O)Nc2cccc(Cl)c2)C1. The molecule has 1 aliphatic rings. The Balaban J connectivity index is 1.77. The Labute approximate surface area is 126 Å². The van der Waals surface area contributed by atoms with Gasteiger partial charge in [-0.25, -0.2) is 0 Å². The Kier molecular flexibility index (Phi) is 5.44. The highest BCUT2D eigenvalue weighted by atomic mass is 35.5. The molecule has 0 radical (unpaired) electrons. The highest BCUT2D eigenvalue weighted by Gasteiger charge is 2.21. The third-order valence-corrected chi connectivity index (χ3v) is 3.94. The van der Waals surface area contributed by atoms with Crippen LogP contribution in [0.2, 0.25) is 5.02 Å². The number of nitrogens with zero attached hydrogens (tertiary/aromatic N) is 1. The maximum atomic E-state index is 11.9. The van der Waals surface area contributed by atoms with Crippen LogP contribution >= 0.6 is 11.6 Å². The van der Waals surface area contributed by atoms with Gasteiger partial charge in [-0.1, -0.05) is 31.5 Å². The number of nitrogens with one attached hydrogen (secondary N) is 1. The summed E-state index contributed by atoms with van der Waals surface area (Å²) in [5.41, 5.74) is 0.767. The number of hydrogen-bond donors (Lipinski definition) is 1. The number of carbonyl (C=O) groups excluding carboxylic acids is 1. The van der Waals surface area contributed by atoms with Crippen molar-refractivity contribution >= 4 is 23.2 Å². The van der Waals surface area contributed by atoms with E-state index in [1.54, 1.807) is 12.1 Å². The number of likely N-dealkylation sites (tertiary alicyclic amines) is 1. The van der Waals surface area contributed by atoms with Crippen LogP contribution in [0, 0.1) is 11.8 Å². The van der Waals surface area contributed by atoms with Gasteiger partial charge in [0.25, 0.3) is 0 Å². The minimum atomic E-state index is 0.0538. The number of carbonyl (C=O) groups is 1. The molecule has 4 heteroatoms. The van der Waals surface area contributed by atoms with Gasteiger partial charge in [0.2, 0.25) is 5.91 Å². The molecule has 0 unspecified atom stereocenters. The molecule has 1 saturated heterocycles. The monoisotopic (exact) mass is 294 g/mol. The predicted octanol–water partition coefficient (Wildman–Crippen LogP) is 3.65. The van der Waals surface area contributed by atoms with Crippen LogP contribution in [0.15, 0.2) is 24.3 Å². The summed E-state index contributed by atoms with van der Waals surface area (Å²) in [5.74, 6) is 1.52. The molecule has 2 atom stereocenters. The van der Waals surface area contributed by atoms with E-state index < -0.39 is 0 Å². The average molecular weight is 295 g/mol. The summed E-state index contributed by atoms with van der Waals surface area (Å²) >= 11 is 5.90. The van der Waals surface area contributed by atoms with Gasteiger partial charge in [0.05, 0.1) is 0 Å². The molecular weight excluding hydrogens is 272 g/mol. The molecule has 1 aliphatic heterocycles. The maximum absolute atomic E-state index is 11.9. The molecule has 1 amide bonds. The lowest BCUT2D eigenvalue weighted by atomic mass is 9.92. The summed E-state index contributed by atoms with van der Waals surface area (Å²) in [6, 6.07) is 7.26. The van der Waals surface area contributed by atoms with Crippen LogP contribution in [0.4, 0.5) is 5.69 Å². The van der Waals surface area contributed by atoms with Gasteiger partial charge in [-0.2, -0.15) is 0 Å². The van der Waals surface area contributed by atoms with E-state index in [9.17, 15) is 4.79 Å². The lowest BCUT2D eigenvalue weighted by Gasteiger charge is -2.34. The van der Waals surface area contributed by atoms with Crippen molar-refractivity contribution in [1.82, 2.24) is 4.90 Å². The molecule has 1 N–H and O–H groups in total. The van der Waals surface area contributed by atoms with Crippen molar-refractivity contribution in [3.05, 3.63) is 29.3 Å². The molecule has 1 aromatic carbocycles. The van der Waals surface area contributed by atoms with E-state index in [0.717, 1.165) is 37.2 Å². The first kappa shape index (κ1) is 15.3. The minimum Gasteiger partial charge on any atom is -0.326 e. The Morgan fingerprint density at radius 2 is 2.05 bits per heavy atom. The molecular formula is C16H23ClN2O. The second kappa shape index (κ2) is 7.09. The fourth-order valence-corrected chi connectivity index (χ4v) is 3.21. The zero-order valence-corrected chi connectivity index (χ0v) is 13.0. The van der Waals surface area contributed by atoms with Crippen molar-refractivity contribution in [2.75, 3.05) is 25.0 Å². The second-order valence-electron chi connectivity index (χ2n) is 6.01. The lowest BCUT2D eigenvalue weighted by Crippen LogP contribution is -2.40. The number of hydrogen-bond acceptors (Lipinski definition) is 2. The molecule has 2 rings (SSSR count). The zero-order chi connectivity index (χ0) is 14.5. The van der Waals surface area contributed by atoms with Gasteiger partial charge in [-0.05, 0) is 36.5 Å². The Hall–Kier alpha value is -1.06. The van der Waals surface area contributed by atoms with Gasteiger partial charge < -0.3 is 10.2 Å². The Morgan fingerprint density at radius 1 is 1.35 bits per heavy atom. The summed E-state index contributed by atoms with van der Waals surface area (Å²) in [6.45, 7) is 7.62. The van der Waals surface area contributed by atoms with Crippen LogP contribution in [-0.4, -0.2) is 30.4 Å². The summed E-state index contributed by atoms with van der Waals surface area (Å²) in [5, 5.41) is 3.53. The normalized spacial score (nSPS) is 23.6. The van der Waals surface area contributed by atoms with E-state index in [-0.39, 0.29) is 5.91 Å². The molecule has 0 spiro atoms. The molecule has 20 heavy (non-hydrogen) atoms.